The van der Waals surface area contributed by atoms with Crippen LogP contribution in [-0.4, -0.2) is 13.3 Å². The van der Waals surface area contributed by atoms with Crippen LogP contribution in [0.5, 0.6) is 0 Å². The van der Waals surface area contributed by atoms with Crippen LogP contribution in [0.1, 0.15) is 39.5 Å². The molecule has 0 bridgehead atoms. The van der Waals surface area contributed by atoms with Gasteiger partial charge in [-0.2, -0.15) is 0 Å². The van der Waals surface area contributed by atoms with Gasteiger partial charge in [0.25, 0.3) is 0 Å². The molecule has 0 amide bonds. The molecule has 0 saturated carbocycles. The molecule has 0 radical (unpaired) electrons. The lowest BCUT2D eigenvalue weighted by molar-refractivity contribution is 0.215. The van der Waals surface area contributed by atoms with Gasteiger partial charge in [-0.1, -0.05) is 33.1 Å². The molecule has 0 aliphatic heterocycles. The summed E-state index contributed by atoms with van der Waals surface area (Å²) in [7, 11) is 0. The summed E-state index contributed by atoms with van der Waals surface area (Å²) in [5.41, 5.74) is 0. The smallest absolute Gasteiger partial charge is 0.0926 e. The molecular weight excluding hydrogens is 158 g/mol. The molecule has 0 aromatic carbocycles. The van der Waals surface area contributed by atoms with E-state index in [0.29, 0.717) is 0 Å². The number of hydrogen-bond donors (Lipinski definition) is 0. The summed E-state index contributed by atoms with van der Waals surface area (Å²) in [6.07, 6.45) is 4.16. The van der Waals surface area contributed by atoms with Crippen molar-refractivity contribution in [2.75, 3.05) is 13.3 Å². The summed E-state index contributed by atoms with van der Waals surface area (Å²) in [5, 5.41) is 0. The Morgan fingerprint density at radius 1 is 1.08 bits per heavy atom. The highest BCUT2D eigenvalue weighted by Gasteiger charge is 2.16. The maximum absolute atomic E-state index is 12.4. The lowest BCUT2D eigenvalue weighted by atomic mass is 9.91. The molecule has 0 aliphatic carbocycles. The van der Waals surface area contributed by atoms with E-state index >= 15 is 0 Å². The summed E-state index contributed by atoms with van der Waals surface area (Å²) in [5.74, 6) is -0.159. The molecular formula is C10H20F2. The Morgan fingerprint density at radius 3 is 2.17 bits per heavy atom. The Labute approximate surface area is 74.4 Å². The van der Waals surface area contributed by atoms with Crippen molar-refractivity contribution in [2.24, 2.45) is 11.8 Å². The first kappa shape index (κ1) is 11.9. The molecule has 0 heterocycles. The first-order valence-corrected chi connectivity index (χ1v) is 4.88. The van der Waals surface area contributed by atoms with Crippen LogP contribution >= 0.6 is 0 Å². The highest BCUT2D eigenvalue weighted by Crippen LogP contribution is 2.20. The number of hydrogen-bond acceptors (Lipinski definition) is 0. The van der Waals surface area contributed by atoms with E-state index in [1.807, 2.05) is 0 Å². The Morgan fingerprint density at radius 2 is 1.75 bits per heavy atom. The van der Waals surface area contributed by atoms with Gasteiger partial charge in [0, 0.05) is 0 Å². The Kier molecular flexibility index (Phi) is 7.42. The molecule has 0 rings (SSSR count). The molecule has 0 saturated heterocycles. The second kappa shape index (κ2) is 7.51. The van der Waals surface area contributed by atoms with E-state index in [-0.39, 0.29) is 25.2 Å². The highest BCUT2D eigenvalue weighted by atomic mass is 19.1. The maximum Gasteiger partial charge on any atom is 0.0926 e. The van der Waals surface area contributed by atoms with Crippen molar-refractivity contribution in [3.63, 3.8) is 0 Å². The van der Waals surface area contributed by atoms with Crippen molar-refractivity contribution in [2.45, 2.75) is 39.5 Å². The zero-order valence-electron chi connectivity index (χ0n) is 8.15. The first-order valence-electron chi connectivity index (χ1n) is 4.88. The van der Waals surface area contributed by atoms with Crippen molar-refractivity contribution < 1.29 is 8.78 Å². The van der Waals surface area contributed by atoms with Crippen LogP contribution in [0.2, 0.25) is 0 Å². The van der Waals surface area contributed by atoms with Crippen LogP contribution in [0.15, 0.2) is 0 Å². The topological polar surface area (TPSA) is 0 Å². The minimum Gasteiger partial charge on any atom is -0.251 e. The van der Waals surface area contributed by atoms with E-state index in [4.69, 9.17) is 0 Å². The average molecular weight is 178 g/mol. The summed E-state index contributed by atoms with van der Waals surface area (Å²) in [6, 6.07) is 0. The number of unbranched alkanes of at least 4 members (excludes halogenated alkanes) is 2. The van der Waals surface area contributed by atoms with Gasteiger partial charge in [-0.3, -0.25) is 8.78 Å². The molecule has 1 unspecified atom stereocenters. The maximum atomic E-state index is 12.4. The monoisotopic (exact) mass is 178 g/mol. The van der Waals surface area contributed by atoms with E-state index < -0.39 is 0 Å². The largest absolute Gasteiger partial charge is 0.251 e. The number of halogens is 2. The molecule has 12 heavy (non-hydrogen) atoms. The van der Waals surface area contributed by atoms with Gasteiger partial charge in [0.05, 0.1) is 13.3 Å². The van der Waals surface area contributed by atoms with Crippen molar-refractivity contribution in [1.29, 1.82) is 0 Å². The number of rotatable bonds is 7. The fourth-order valence-corrected chi connectivity index (χ4v) is 1.30. The molecule has 0 N–H and O–H groups in total. The fraction of sp³-hybridized carbons (Fsp3) is 1.00. The van der Waals surface area contributed by atoms with E-state index in [2.05, 4.69) is 6.92 Å². The van der Waals surface area contributed by atoms with Crippen molar-refractivity contribution in [1.82, 2.24) is 0 Å². The van der Waals surface area contributed by atoms with E-state index in [0.717, 1.165) is 25.7 Å². The third-order valence-corrected chi connectivity index (χ3v) is 2.42. The normalized spacial score (nSPS) is 16.0. The van der Waals surface area contributed by atoms with Gasteiger partial charge in [0.1, 0.15) is 0 Å². The first-order chi connectivity index (χ1) is 5.76. The van der Waals surface area contributed by atoms with Crippen molar-refractivity contribution in [3.05, 3.63) is 0 Å². The standard InChI is InChI=1S/C10H20F2/c1-3-4-5-6-10(8-12)9(2)7-11/h9-10H,3-8H2,1-2H3/t9-,10?/m1/s1. The fourth-order valence-electron chi connectivity index (χ4n) is 1.30. The second-order valence-electron chi connectivity index (χ2n) is 3.54. The lowest BCUT2D eigenvalue weighted by Crippen LogP contribution is -2.15. The van der Waals surface area contributed by atoms with E-state index in [1.165, 1.54) is 0 Å². The summed E-state index contributed by atoms with van der Waals surface area (Å²) in [6.45, 7) is 3.15. The Hall–Kier alpha value is -0.140. The van der Waals surface area contributed by atoms with Crippen LogP contribution < -0.4 is 0 Å². The lowest BCUT2D eigenvalue weighted by Gasteiger charge is -2.17. The second-order valence-corrected chi connectivity index (χ2v) is 3.54. The summed E-state index contributed by atoms with van der Waals surface area (Å²) in [4.78, 5) is 0. The van der Waals surface area contributed by atoms with Crippen LogP contribution in [-0.2, 0) is 0 Å². The molecule has 0 spiro atoms. The summed E-state index contributed by atoms with van der Waals surface area (Å²) < 4.78 is 24.5. The van der Waals surface area contributed by atoms with E-state index in [9.17, 15) is 8.78 Å². The van der Waals surface area contributed by atoms with Gasteiger partial charge in [-0.15, -0.1) is 0 Å². The highest BCUT2D eigenvalue weighted by molar-refractivity contribution is 4.64. The minimum atomic E-state index is -0.388. The van der Waals surface area contributed by atoms with Gasteiger partial charge < -0.3 is 0 Å². The van der Waals surface area contributed by atoms with Gasteiger partial charge in [0.2, 0.25) is 0 Å². The molecule has 74 valence electrons. The predicted octanol–water partition coefficient (Wildman–Crippen LogP) is 3.76. The Balaban J connectivity index is 3.52. The van der Waals surface area contributed by atoms with Gasteiger partial charge in [-0.05, 0) is 18.3 Å². The van der Waals surface area contributed by atoms with Crippen molar-refractivity contribution in [3.8, 4) is 0 Å². The molecule has 0 aliphatic rings. The zero-order valence-corrected chi connectivity index (χ0v) is 8.15. The third kappa shape index (κ3) is 4.68. The van der Waals surface area contributed by atoms with Crippen molar-refractivity contribution >= 4 is 0 Å². The van der Waals surface area contributed by atoms with Crippen LogP contribution in [0.4, 0.5) is 8.78 Å². The zero-order chi connectivity index (χ0) is 9.40. The van der Waals surface area contributed by atoms with Crippen LogP contribution in [0.25, 0.3) is 0 Å². The average Bonchev–Trinajstić information content (AvgIpc) is 2.11. The third-order valence-electron chi connectivity index (χ3n) is 2.42. The van der Waals surface area contributed by atoms with Gasteiger partial charge in [0.15, 0.2) is 0 Å². The van der Waals surface area contributed by atoms with E-state index in [1.54, 1.807) is 6.92 Å². The molecule has 2 heteroatoms. The van der Waals surface area contributed by atoms with Gasteiger partial charge >= 0.3 is 0 Å². The molecule has 0 fully saturated rings. The minimum absolute atomic E-state index is 0.0541. The molecule has 0 nitrogen and oxygen atoms in total. The molecule has 2 atom stereocenters. The number of alkyl halides is 2. The van der Waals surface area contributed by atoms with Gasteiger partial charge in [-0.25, -0.2) is 0 Å². The van der Waals surface area contributed by atoms with Crippen LogP contribution in [0.3, 0.4) is 0 Å². The predicted molar refractivity (Wildman–Crippen MR) is 48.7 cm³/mol. The van der Waals surface area contributed by atoms with Crippen LogP contribution in [0, 0.1) is 11.8 Å². The molecule has 0 aromatic heterocycles. The summed E-state index contributed by atoms with van der Waals surface area (Å²) >= 11 is 0. The Bertz CT molecular complexity index is 93.8. The molecule has 0 aromatic rings. The SMILES string of the molecule is CCCCCC(CF)[C@H](C)CF. The quantitative estimate of drug-likeness (QED) is 0.521.